The molecule has 0 amide bonds. The Kier molecular flexibility index (Phi) is 7.60. The fraction of sp³-hybridized carbons (Fsp3) is 0.500. The summed E-state index contributed by atoms with van der Waals surface area (Å²) in [6.45, 7) is 11.0. The van der Waals surface area contributed by atoms with Gasteiger partial charge in [-0.05, 0) is 69.0 Å². The number of fused-ring (bicyclic) bond motifs is 1. The normalized spacial score (nSPS) is 14.9. The van der Waals surface area contributed by atoms with E-state index in [4.69, 9.17) is 14.5 Å². The van der Waals surface area contributed by atoms with Crippen LogP contribution >= 0.6 is 0 Å². The van der Waals surface area contributed by atoms with E-state index < -0.39 is 0 Å². The number of rotatable bonds is 10. The number of aromatic nitrogens is 2. The van der Waals surface area contributed by atoms with Crippen LogP contribution in [0.1, 0.15) is 36.2 Å². The molecule has 2 aromatic carbocycles. The van der Waals surface area contributed by atoms with Crippen LogP contribution in [0.2, 0.25) is 0 Å². The Morgan fingerprint density at radius 1 is 0.935 bits per heavy atom. The molecule has 1 aliphatic heterocycles. The number of benzene rings is 2. The highest BCUT2D eigenvalue weighted by atomic mass is 16.5. The number of hydrogen-bond acceptors (Lipinski definition) is 4. The summed E-state index contributed by atoms with van der Waals surface area (Å²) in [5, 5.41) is 0. The van der Waals surface area contributed by atoms with E-state index in [-0.39, 0.29) is 0 Å². The molecule has 0 saturated carbocycles. The average molecular weight is 422 g/mol. The third-order valence-corrected chi connectivity index (χ3v) is 6.30. The van der Waals surface area contributed by atoms with Crippen molar-refractivity contribution in [2.75, 3.05) is 39.5 Å². The minimum atomic E-state index is 0.753. The zero-order valence-electron chi connectivity index (χ0n) is 19.0. The second-order valence-electron chi connectivity index (χ2n) is 8.48. The second kappa shape index (κ2) is 10.8. The van der Waals surface area contributed by atoms with Gasteiger partial charge < -0.3 is 14.0 Å². The quantitative estimate of drug-likeness (QED) is 0.442. The molecule has 1 fully saturated rings. The molecule has 5 nitrogen and oxygen atoms in total. The summed E-state index contributed by atoms with van der Waals surface area (Å²) in [7, 11) is 0. The molecule has 0 spiro atoms. The number of morpholine rings is 1. The van der Waals surface area contributed by atoms with Gasteiger partial charge in [-0.15, -0.1) is 0 Å². The zero-order valence-corrected chi connectivity index (χ0v) is 19.0. The van der Waals surface area contributed by atoms with Crippen LogP contribution in [0.5, 0.6) is 5.75 Å². The number of para-hydroxylation sites is 2. The molecular formula is C26H35N3O2. The Morgan fingerprint density at radius 2 is 1.77 bits per heavy atom. The van der Waals surface area contributed by atoms with Gasteiger partial charge >= 0.3 is 0 Å². The molecule has 166 valence electrons. The Labute approximate surface area is 186 Å². The predicted molar refractivity (Wildman–Crippen MR) is 126 cm³/mol. The van der Waals surface area contributed by atoms with Crippen LogP contribution < -0.4 is 4.74 Å². The molecule has 0 bridgehead atoms. The molecule has 4 rings (SSSR count). The minimum Gasteiger partial charge on any atom is -0.493 e. The molecule has 0 aliphatic carbocycles. The molecule has 1 aromatic heterocycles. The topological polar surface area (TPSA) is 39.5 Å². The van der Waals surface area contributed by atoms with Crippen LogP contribution in [0.4, 0.5) is 0 Å². The Hall–Kier alpha value is -2.37. The van der Waals surface area contributed by atoms with Gasteiger partial charge in [0.05, 0.1) is 30.9 Å². The first-order valence-electron chi connectivity index (χ1n) is 11.7. The summed E-state index contributed by atoms with van der Waals surface area (Å²) < 4.78 is 13.9. The summed E-state index contributed by atoms with van der Waals surface area (Å²) >= 11 is 0. The number of nitrogens with zero attached hydrogens (tertiary/aromatic N) is 3. The molecule has 31 heavy (non-hydrogen) atoms. The predicted octanol–water partition coefficient (Wildman–Crippen LogP) is 4.78. The lowest BCUT2D eigenvalue weighted by Crippen LogP contribution is -2.37. The third-order valence-electron chi connectivity index (χ3n) is 6.30. The van der Waals surface area contributed by atoms with Crippen molar-refractivity contribution in [3.05, 3.63) is 59.4 Å². The van der Waals surface area contributed by atoms with Crippen molar-refractivity contribution >= 4 is 11.0 Å². The highest BCUT2D eigenvalue weighted by Gasteiger charge is 2.13. The Morgan fingerprint density at radius 3 is 2.65 bits per heavy atom. The second-order valence-corrected chi connectivity index (χ2v) is 8.48. The first-order chi connectivity index (χ1) is 15.2. The van der Waals surface area contributed by atoms with Crippen molar-refractivity contribution in [1.29, 1.82) is 0 Å². The molecule has 0 atom stereocenters. The standard InChI is InChI=1S/C26H35N3O2/c1-21-9-7-12-25(22(21)2)31-18-6-5-15-29-24-11-4-3-10-23(24)27-26(29)13-8-14-28-16-19-30-20-17-28/h3-4,7,9-12H,5-6,8,13-20H2,1-2H3. The van der Waals surface area contributed by atoms with Gasteiger partial charge in [-0.3, -0.25) is 4.90 Å². The van der Waals surface area contributed by atoms with Crippen LogP contribution in [0.15, 0.2) is 42.5 Å². The molecule has 3 aromatic rings. The van der Waals surface area contributed by atoms with Crippen LogP contribution in [-0.4, -0.2) is 53.9 Å². The van der Waals surface area contributed by atoms with Gasteiger partial charge in [-0.25, -0.2) is 4.98 Å². The van der Waals surface area contributed by atoms with E-state index in [2.05, 4.69) is 65.8 Å². The van der Waals surface area contributed by atoms with Crippen LogP contribution in [-0.2, 0) is 17.7 Å². The van der Waals surface area contributed by atoms with Crippen molar-refractivity contribution < 1.29 is 9.47 Å². The lowest BCUT2D eigenvalue weighted by atomic mass is 10.1. The van der Waals surface area contributed by atoms with E-state index >= 15 is 0 Å². The van der Waals surface area contributed by atoms with E-state index in [1.165, 1.54) is 22.5 Å². The molecule has 1 saturated heterocycles. The highest BCUT2D eigenvalue weighted by molar-refractivity contribution is 5.75. The zero-order chi connectivity index (χ0) is 21.5. The molecule has 2 heterocycles. The fourth-order valence-corrected chi connectivity index (χ4v) is 4.29. The first kappa shape index (κ1) is 21.8. The monoisotopic (exact) mass is 421 g/mol. The average Bonchev–Trinajstić information content (AvgIpc) is 3.14. The third kappa shape index (κ3) is 5.66. The number of aryl methyl sites for hydroxylation is 3. The van der Waals surface area contributed by atoms with E-state index in [1.54, 1.807) is 0 Å². The summed E-state index contributed by atoms with van der Waals surface area (Å²) in [5.41, 5.74) is 4.88. The molecule has 5 heteroatoms. The van der Waals surface area contributed by atoms with Crippen molar-refractivity contribution in [1.82, 2.24) is 14.5 Å². The van der Waals surface area contributed by atoms with Gasteiger partial charge in [0.2, 0.25) is 0 Å². The summed E-state index contributed by atoms with van der Waals surface area (Å²) in [6.07, 6.45) is 4.28. The number of ether oxygens (including phenoxy) is 2. The summed E-state index contributed by atoms with van der Waals surface area (Å²) in [6, 6.07) is 14.8. The number of imidazole rings is 1. The summed E-state index contributed by atoms with van der Waals surface area (Å²) in [4.78, 5) is 7.45. The van der Waals surface area contributed by atoms with E-state index in [0.29, 0.717) is 0 Å². The van der Waals surface area contributed by atoms with Crippen LogP contribution in [0, 0.1) is 13.8 Å². The van der Waals surface area contributed by atoms with Gasteiger partial charge in [0, 0.05) is 26.1 Å². The Balaban J connectivity index is 1.31. The van der Waals surface area contributed by atoms with Gasteiger partial charge in [0.1, 0.15) is 11.6 Å². The largest absolute Gasteiger partial charge is 0.493 e. The van der Waals surface area contributed by atoms with Crippen molar-refractivity contribution in [3.8, 4) is 5.75 Å². The maximum absolute atomic E-state index is 6.05. The lowest BCUT2D eigenvalue weighted by molar-refractivity contribution is 0.0374. The van der Waals surface area contributed by atoms with Crippen molar-refractivity contribution in [3.63, 3.8) is 0 Å². The molecule has 1 aliphatic rings. The van der Waals surface area contributed by atoms with Crippen LogP contribution in [0.25, 0.3) is 11.0 Å². The van der Waals surface area contributed by atoms with E-state index in [9.17, 15) is 0 Å². The SMILES string of the molecule is Cc1cccc(OCCCCn2c(CCCN3CCOCC3)nc3ccccc32)c1C. The molecule has 0 N–H and O–H groups in total. The van der Waals surface area contributed by atoms with Gasteiger partial charge in [0.15, 0.2) is 0 Å². The van der Waals surface area contributed by atoms with Gasteiger partial charge in [0.25, 0.3) is 0 Å². The minimum absolute atomic E-state index is 0.753. The molecule has 0 unspecified atom stereocenters. The van der Waals surface area contributed by atoms with Gasteiger partial charge in [-0.2, -0.15) is 0 Å². The van der Waals surface area contributed by atoms with E-state index in [0.717, 1.165) is 82.9 Å². The van der Waals surface area contributed by atoms with E-state index in [1.807, 2.05) is 0 Å². The lowest BCUT2D eigenvalue weighted by Gasteiger charge is -2.26. The van der Waals surface area contributed by atoms with Crippen LogP contribution in [0.3, 0.4) is 0 Å². The molecular weight excluding hydrogens is 386 g/mol. The highest BCUT2D eigenvalue weighted by Crippen LogP contribution is 2.21. The number of unbranched alkanes of at least 4 members (excludes halogenated alkanes) is 1. The van der Waals surface area contributed by atoms with Crippen molar-refractivity contribution in [2.24, 2.45) is 0 Å². The maximum atomic E-state index is 6.05. The fourth-order valence-electron chi connectivity index (χ4n) is 4.29. The van der Waals surface area contributed by atoms with Gasteiger partial charge in [-0.1, -0.05) is 24.3 Å². The Bertz CT molecular complexity index is 976. The first-order valence-corrected chi connectivity index (χ1v) is 11.7. The number of hydrogen-bond donors (Lipinski definition) is 0. The maximum Gasteiger partial charge on any atom is 0.122 e. The summed E-state index contributed by atoms with van der Waals surface area (Å²) in [5.74, 6) is 2.22. The molecule has 0 radical (unpaired) electrons. The smallest absolute Gasteiger partial charge is 0.122 e. The van der Waals surface area contributed by atoms with Crippen molar-refractivity contribution in [2.45, 2.75) is 46.1 Å².